The van der Waals surface area contributed by atoms with Crippen molar-refractivity contribution in [3.63, 3.8) is 0 Å². The van der Waals surface area contributed by atoms with Crippen LogP contribution >= 0.6 is 23.2 Å². The van der Waals surface area contributed by atoms with Crippen LogP contribution in [0.4, 0.5) is 22.4 Å². The SMILES string of the molecule is COc1cc(F)c(C(C)C)cc1-c1ccc(C(F)(F)F)cc1[C@@H]1CC[C@H]2[C@@H](c3cc(Cl)cc(Cl)c3)OC(=O)N12. The zero-order chi connectivity index (χ0) is 28.2. The molecule has 0 aromatic heterocycles. The molecule has 2 aliphatic heterocycles. The number of rotatable bonds is 5. The Hall–Kier alpha value is -2.97. The van der Waals surface area contributed by atoms with E-state index in [0.717, 1.165) is 12.1 Å². The van der Waals surface area contributed by atoms with Crippen LogP contribution in [0.1, 0.15) is 67.0 Å². The van der Waals surface area contributed by atoms with Gasteiger partial charge >= 0.3 is 12.3 Å². The van der Waals surface area contributed by atoms with Crippen molar-refractivity contribution in [3.8, 4) is 16.9 Å². The molecule has 0 unspecified atom stereocenters. The molecule has 1 amide bonds. The fourth-order valence-electron chi connectivity index (χ4n) is 5.63. The zero-order valence-corrected chi connectivity index (χ0v) is 22.8. The zero-order valence-electron chi connectivity index (χ0n) is 21.3. The van der Waals surface area contributed by atoms with E-state index in [1.54, 1.807) is 24.3 Å². The van der Waals surface area contributed by atoms with Crippen molar-refractivity contribution in [2.75, 3.05) is 7.11 Å². The van der Waals surface area contributed by atoms with Crippen LogP contribution in [0, 0.1) is 5.82 Å². The molecular weight excluding hydrogens is 557 g/mol. The van der Waals surface area contributed by atoms with E-state index in [2.05, 4.69) is 0 Å². The normalized spacial score (nSPS) is 20.9. The highest BCUT2D eigenvalue weighted by atomic mass is 35.5. The number of hydrogen-bond donors (Lipinski definition) is 0. The minimum atomic E-state index is -4.60. The molecule has 10 heteroatoms. The van der Waals surface area contributed by atoms with Crippen LogP contribution in [-0.2, 0) is 10.9 Å². The van der Waals surface area contributed by atoms with Crippen molar-refractivity contribution in [1.29, 1.82) is 0 Å². The van der Waals surface area contributed by atoms with Crippen LogP contribution in [0.5, 0.6) is 5.75 Å². The molecule has 3 atom stereocenters. The molecule has 2 fully saturated rings. The summed E-state index contributed by atoms with van der Waals surface area (Å²) in [6, 6.07) is 10.0. The minimum absolute atomic E-state index is 0.178. The molecule has 39 heavy (non-hydrogen) atoms. The molecular formula is C29H25Cl2F4NO3. The fraction of sp³-hybridized carbons (Fsp3) is 0.345. The molecule has 0 saturated carbocycles. The van der Waals surface area contributed by atoms with Gasteiger partial charge in [-0.1, -0.05) is 43.1 Å². The molecule has 0 radical (unpaired) electrons. The van der Waals surface area contributed by atoms with Crippen molar-refractivity contribution in [1.82, 2.24) is 4.90 Å². The molecule has 0 N–H and O–H groups in total. The van der Waals surface area contributed by atoms with Crippen LogP contribution < -0.4 is 4.74 Å². The van der Waals surface area contributed by atoms with Gasteiger partial charge in [0.2, 0.25) is 0 Å². The molecule has 3 aromatic carbocycles. The lowest BCUT2D eigenvalue weighted by Gasteiger charge is -2.26. The second kappa shape index (κ2) is 10.2. The molecule has 2 aliphatic rings. The lowest BCUT2D eigenvalue weighted by Crippen LogP contribution is -2.31. The molecule has 2 saturated heterocycles. The number of ether oxygens (including phenoxy) is 2. The summed E-state index contributed by atoms with van der Waals surface area (Å²) >= 11 is 12.3. The largest absolute Gasteiger partial charge is 0.496 e. The first-order valence-electron chi connectivity index (χ1n) is 12.4. The predicted octanol–water partition coefficient (Wildman–Crippen LogP) is 9.35. The van der Waals surface area contributed by atoms with E-state index in [1.165, 1.54) is 24.1 Å². The Morgan fingerprint density at radius 2 is 1.69 bits per heavy atom. The van der Waals surface area contributed by atoms with Crippen molar-refractivity contribution in [2.45, 2.75) is 57.0 Å². The standard InChI is InChI=1S/C29H25Cl2F4NO3/c1-14(2)20-12-22(26(38-3)13-23(20)32)19-5-4-16(29(33,34)35)10-21(19)24-6-7-25-27(39-28(37)36(24)25)15-8-17(30)11-18(31)9-15/h4-5,8-14,24-25,27H,6-7H2,1-3H3/t24-,25-,27+/m0/s1. The molecule has 0 spiro atoms. The van der Waals surface area contributed by atoms with Gasteiger partial charge in [-0.3, -0.25) is 4.90 Å². The Labute approximate surface area is 233 Å². The summed E-state index contributed by atoms with van der Waals surface area (Å²) in [5.74, 6) is -0.462. The van der Waals surface area contributed by atoms with Crippen LogP contribution in [0.3, 0.4) is 0 Å². The molecule has 2 heterocycles. The fourth-order valence-corrected chi connectivity index (χ4v) is 6.18. The molecule has 206 valence electrons. The number of carbonyl (C=O) groups excluding carboxylic acids is 1. The summed E-state index contributed by atoms with van der Waals surface area (Å²) in [4.78, 5) is 14.7. The van der Waals surface area contributed by atoms with Crippen LogP contribution in [0.15, 0.2) is 48.5 Å². The van der Waals surface area contributed by atoms with Crippen LogP contribution in [0.2, 0.25) is 10.0 Å². The Kier molecular flexibility index (Phi) is 7.22. The van der Waals surface area contributed by atoms with E-state index >= 15 is 0 Å². The number of nitrogens with zero attached hydrogens (tertiary/aromatic N) is 1. The maximum absolute atomic E-state index is 14.8. The van der Waals surface area contributed by atoms with Gasteiger partial charge in [0.25, 0.3) is 0 Å². The van der Waals surface area contributed by atoms with E-state index in [9.17, 15) is 22.4 Å². The highest BCUT2D eigenvalue weighted by molar-refractivity contribution is 6.34. The van der Waals surface area contributed by atoms with Crippen LogP contribution in [0.25, 0.3) is 11.1 Å². The van der Waals surface area contributed by atoms with Crippen molar-refractivity contribution in [3.05, 3.63) is 86.6 Å². The first kappa shape index (κ1) is 27.6. The summed E-state index contributed by atoms with van der Waals surface area (Å²) in [6.45, 7) is 3.65. The van der Waals surface area contributed by atoms with Crippen molar-refractivity contribution < 1.29 is 31.8 Å². The summed E-state index contributed by atoms with van der Waals surface area (Å²) in [7, 11) is 1.38. The van der Waals surface area contributed by atoms with E-state index in [1.807, 2.05) is 13.8 Å². The highest BCUT2D eigenvalue weighted by Crippen LogP contribution is 2.51. The number of fused-ring (bicyclic) bond motifs is 1. The topological polar surface area (TPSA) is 38.8 Å². The Bertz CT molecular complexity index is 1420. The Morgan fingerprint density at radius 3 is 2.31 bits per heavy atom. The predicted molar refractivity (Wildman–Crippen MR) is 141 cm³/mol. The quantitative estimate of drug-likeness (QED) is 0.282. The maximum atomic E-state index is 14.8. The van der Waals surface area contributed by atoms with Gasteiger partial charge in [-0.25, -0.2) is 9.18 Å². The average Bonchev–Trinajstić information content (AvgIpc) is 3.43. The van der Waals surface area contributed by atoms with Crippen molar-refractivity contribution >= 4 is 29.3 Å². The van der Waals surface area contributed by atoms with E-state index in [-0.39, 0.29) is 17.2 Å². The number of hydrogen-bond acceptors (Lipinski definition) is 3. The van der Waals surface area contributed by atoms with Gasteiger partial charge in [0.15, 0.2) is 0 Å². The molecule has 5 rings (SSSR count). The lowest BCUT2D eigenvalue weighted by molar-refractivity contribution is -0.137. The first-order valence-corrected chi connectivity index (χ1v) is 13.2. The third-order valence-electron chi connectivity index (χ3n) is 7.40. The number of halogens is 6. The van der Waals surface area contributed by atoms with Gasteiger partial charge < -0.3 is 9.47 Å². The molecule has 0 aliphatic carbocycles. The second-order valence-corrected chi connectivity index (χ2v) is 11.0. The Balaban J connectivity index is 1.64. The maximum Gasteiger partial charge on any atom is 0.416 e. The van der Waals surface area contributed by atoms with Crippen LogP contribution in [-0.4, -0.2) is 24.1 Å². The second-order valence-electron chi connectivity index (χ2n) is 10.1. The van der Waals surface area contributed by atoms with Gasteiger partial charge in [-0.15, -0.1) is 0 Å². The molecule has 0 bridgehead atoms. The first-order chi connectivity index (χ1) is 18.4. The van der Waals surface area contributed by atoms with E-state index in [0.29, 0.717) is 45.1 Å². The molecule has 3 aromatic rings. The van der Waals surface area contributed by atoms with Crippen molar-refractivity contribution in [2.24, 2.45) is 0 Å². The number of alkyl halides is 3. The van der Waals surface area contributed by atoms with Gasteiger partial charge in [0, 0.05) is 21.7 Å². The number of carbonyl (C=O) groups is 1. The summed E-state index contributed by atoms with van der Waals surface area (Å²) in [5, 5.41) is 0.761. The van der Waals surface area contributed by atoms with E-state index in [4.69, 9.17) is 32.7 Å². The Morgan fingerprint density at radius 1 is 1.00 bits per heavy atom. The number of amides is 1. The van der Waals surface area contributed by atoms with E-state index < -0.39 is 41.8 Å². The smallest absolute Gasteiger partial charge is 0.416 e. The monoisotopic (exact) mass is 581 g/mol. The average molecular weight is 582 g/mol. The van der Waals surface area contributed by atoms with Gasteiger partial charge in [0.1, 0.15) is 17.7 Å². The molecule has 4 nitrogen and oxygen atoms in total. The summed E-state index contributed by atoms with van der Waals surface area (Å²) in [6.07, 6.45) is -5.04. The lowest BCUT2D eigenvalue weighted by atomic mass is 9.89. The van der Waals surface area contributed by atoms with Gasteiger partial charge in [-0.05, 0) is 77.4 Å². The minimum Gasteiger partial charge on any atom is -0.496 e. The summed E-state index contributed by atoms with van der Waals surface area (Å²) < 4.78 is 67.5. The van der Waals surface area contributed by atoms with Gasteiger partial charge in [-0.2, -0.15) is 13.2 Å². The number of benzene rings is 3. The van der Waals surface area contributed by atoms with Gasteiger partial charge in [0.05, 0.1) is 24.8 Å². The third kappa shape index (κ3) is 5.05. The number of cyclic esters (lactones) is 1. The third-order valence-corrected chi connectivity index (χ3v) is 7.84. The number of methoxy groups -OCH3 is 1. The summed E-state index contributed by atoms with van der Waals surface area (Å²) in [5.41, 5.74) is 1.32. The highest BCUT2D eigenvalue weighted by Gasteiger charge is 2.51.